The highest BCUT2D eigenvalue weighted by Crippen LogP contribution is 2.64. The molecule has 0 bridgehead atoms. The molecule has 16 nitrogen and oxygen atoms in total. The van der Waals surface area contributed by atoms with Crippen LogP contribution in [0.25, 0.3) is 0 Å². The lowest BCUT2D eigenvalue weighted by Gasteiger charge is -2.71. The Kier molecular flexibility index (Phi) is 14.2. The summed E-state index contributed by atoms with van der Waals surface area (Å²) >= 11 is 0. The quantitative estimate of drug-likeness (QED) is 0.171. The second kappa shape index (κ2) is 17.1. The fraction of sp³-hybridized carbons (Fsp3) is 0.780. The van der Waals surface area contributed by atoms with Crippen LogP contribution >= 0.6 is 0 Å². The maximum Gasteiger partial charge on any atom is 0.342 e. The first kappa shape index (κ1) is 54.9. The number of ether oxygens (including phenoxy) is 10. The summed E-state index contributed by atoms with van der Waals surface area (Å²) < 4.78 is 65.7. The highest BCUT2D eigenvalue weighted by Gasteiger charge is 2.84. The van der Waals surface area contributed by atoms with Gasteiger partial charge in [0.15, 0.2) is 28.9 Å². The zero-order chi connectivity index (χ0) is 51.0. The van der Waals surface area contributed by atoms with E-state index in [9.17, 15) is 24.0 Å². The monoisotopic (exact) mass is 934 g/mol. The number of esters is 4. The summed E-state index contributed by atoms with van der Waals surface area (Å²) in [5.74, 6) is -5.21. The normalized spacial score (nSPS) is 39.5. The minimum absolute atomic E-state index is 0.0380. The zero-order valence-corrected chi connectivity index (χ0v) is 43.7. The number of carbonyl (C=O) groups is 5. The highest BCUT2D eigenvalue weighted by molar-refractivity contribution is 5.85. The molecule has 3 aliphatic heterocycles. The molecule has 3 aliphatic rings. The summed E-state index contributed by atoms with van der Waals surface area (Å²) in [6.45, 7) is 31.9. The summed E-state index contributed by atoms with van der Waals surface area (Å²) in [7, 11) is 2.63. The Morgan fingerprint density at radius 2 is 1.14 bits per heavy atom. The van der Waals surface area contributed by atoms with Crippen LogP contribution in [-0.4, -0.2) is 114 Å². The molecule has 0 aliphatic carbocycles. The number of carbonyl (C=O) groups excluding carboxylic acids is 5. The van der Waals surface area contributed by atoms with Crippen LogP contribution in [0.5, 0.6) is 0 Å². The van der Waals surface area contributed by atoms with Crippen molar-refractivity contribution in [1.82, 2.24) is 5.32 Å². The number of rotatable bonds is 11. The van der Waals surface area contributed by atoms with Gasteiger partial charge in [0.25, 0.3) is 0 Å². The minimum atomic E-state index is -2.29. The van der Waals surface area contributed by atoms with Gasteiger partial charge in [-0.3, -0.25) is 19.2 Å². The van der Waals surface area contributed by atoms with Crippen molar-refractivity contribution < 1.29 is 71.3 Å². The average molecular weight is 934 g/mol. The number of benzene rings is 1. The molecule has 374 valence electrons. The third-order valence-corrected chi connectivity index (χ3v) is 15.5. The van der Waals surface area contributed by atoms with Crippen molar-refractivity contribution in [2.24, 2.45) is 21.7 Å². The predicted molar refractivity (Wildman–Crippen MR) is 242 cm³/mol. The zero-order valence-electron chi connectivity index (χ0n) is 43.7. The summed E-state index contributed by atoms with van der Waals surface area (Å²) in [5, 5.41) is 3.15. The van der Waals surface area contributed by atoms with Gasteiger partial charge in [0.1, 0.15) is 22.3 Å². The van der Waals surface area contributed by atoms with Crippen LogP contribution in [0.4, 0.5) is 0 Å². The molecule has 0 spiro atoms. The van der Waals surface area contributed by atoms with Gasteiger partial charge in [0.2, 0.25) is 11.5 Å². The number of methoxy groups -OCH3 is 2. The van der Waals surface area contributed by atoms with Crippen LogP contribution in [0, 0.1) is 21.7 Å². The van der Waals surface area contributed by atoms with Crippen molar-refractivity contribution in [2.45, 2.75) is 195 Å². The lowest BCUT2D eigenvalue weighted by atomic mass is 9.52. The summed E-state index contributed by atoms with van der Waals surface area (Å²) in [5.41, 5.74) is -19.0. The topological polar surface area (TPSA) is 190 Å². The minimum Gasteiger partial charge on any atom is -0.467 e. The van der Waals surface area contributed by atoms with Gasteiger partial charge in [-0.15, -0.1) is 0 Å². The van der Waals surface area contributed by atoms with Gasteiger partial charge in [0, 0.05) is 19.6 Å². The van der Waals surface area contributed by atoms with Crippen molar-refractivity contribution >= 4 is 29.8 Å². The first-order valence-electron chi connectivity index (χ1n) is 22.6. The Bertz CT molecular complexity index is 2040. The Balaban J connectivity index is 2.06. The molecule has 1 aromatic carbocycles. The van der Waals surface area contributed by atoms with Crippen LogP contribution in [0.15, 0.2) is 30.3 Å². The lowest BCUT2D eigenvalue weighted by molar-refractivity contribution is -0.466. The number of nitrogens with one attached hydrogen (secondary N) is 1. The van der Waals surface area contributed by atoms with Crippen LogP contribution in [0.2, 0.25) is 0 Å². The van der Waals surface area contributed by atoms with Gasteiger partial charge < -0.3 is 52.7 Å². The second-order valence-electron chi connectivity index (χ2n) is 23.2. The fourth-order valence-corrected chi connectivity index (χ4v) is 9.72. The number of hydrogen-bond acceptors (Lipinski definition) is 15. The van der Waals surface area contributed by atoms with E-state index in [1.807, 2.05) is 51.1 Å². The Hall–Kier alpha value is -3.67. The van der Waals surface area contributed by atoms with Crippen LogP contribution < -0.4 is 5.32 Å². The molecule has 3 fully saturated rings. The van der Waals surface area contributed by atoms with E-state index in [-0.39, 0.29) is 13.2 Å². The standard InChI is InChI=1S/C50H79NO15/c1-31(52)51-45(15)41(11,46(16)43(13,66-50(45,20)58-22)30-60-33(61-46)32-26-24-23-25-27-32)28-59-29-42(12)47(17,62-34(53)38(2,3)4)49(19,64-36(55)40(8,9)10)48(18,63-35(54)39(5,6)7)44(14,65-42)37(56)57-21/h23-27,33H,28-30H2,1-22H3,(H,51,52)/t33?,41-,42?,43?,44?,45-,46-,47+,48+,49-,50?/m0/s1. The molecule has 0 aromatic heterocycles. The molecule has 11 atom stereocenters. The molecule has 5 unspecified atom stereocenters. The summed E-state index contributed by atoms with van der Waals surface area (Å²) in [6.07, 6.45) is -0.868. The largest absolute Gasteiger partial charge is 0.467 e. The van der Waals surface area contributed by atoms with E-state index in [1.54, 1.807) is 83.1 Å². The van der Waals surface area contributed by atoms with Gasteiger partial charge in [0.05, 0.1) is 48.6 Å². The van der Waals surface area contributed by atoms with Crippen LogP contribution in [0.3, 0.4) is 0 Å². The Morgan fingerprint density at radius 3 is 1.58 bits per heavy atom. The smallest absolute Gasteiger partial charge is 0.342 e. The molecular weight excluding hydrogens is 855 g/mol. The third kappa shape index (κ3) is 8.26. The molecule has 0 radical (unpaired) electrons. The summed E-state index contributed by atoms with van der Waals surface area (Å²) in [6, 6.07) is 9.40. The van der Waals surface area contributed by atoms with Gasteiger partial charge in [-0.25, -0.2) is 4.79 Å². The molecule has 4 rings (SSSR count). The van der Waals surface area contributed by atoms with E-state index in [0.717, 1.165) is 12.7 Å². The maximum absolute atomic E-state index is 14.5. The molecular formula is C50H79NO15. The van der Waals surface area contributed by atoms with Gasteiger partial charge in [-0.2, -0.15) is 0 Å². The molecule has 1 amide bonds. The van der Waals surface area contributed by atoms with Crippen LogP contribution in [0.1, 0.15) is 150 Å². The van der Waals surface area contributed by atoms with E-state index < -0.39 is 115 Å². The molecule has 0 saturated carbocycles. The van der Waals surface area contributed by atoms with E-state index in [4.69, 9.17) is 47.4 Å². The molecule has 16 heteroatoms. The number of hydrogen-bond donors (Lipinski definition) is 1. The number of amides is 1. The maximum atomic E-state index is 14.5. The van der Waals surface area contributed by atoms with Crippen molar-refractivity contribution in [3.05, 3.63) is 35.9 Å². The molecule has 66 heavy (non-hydrogen) atoms. The second-order valence-corrected chi connectivity index (χ2v) is 23.2. The average Bonchev–Trinajstić information content (AvgIpc) is 3.18. The van der Waals surface area contributed by atoms with Gasteiger partial charge in [-0.1, -0.05) is 37.3 Å². The molecule has 1 aromatic rings. The third-order valence-electron chi connectivity index (χ3n) is 15.5. The molecule has 3 heterocycles. The van der Waals surface area contributed by atoms with Crippen molar-refractivity contribution in [2.75, 3.05) is 34.0 Å². The lowest BCUT2D eigenvalue weighted by Crippen LogP contribution is -2.88. The van der Waals surface area contributed by atoms with E-state index in [2.05, 4.69) is 5.32 Å². The van der Waals surface area contributed by atoms with Gasteiger partial charge >= 0.3 is 23.9 Å². The molecule has 1 N–H and O–H groups in total. The van der Waals surface area contributed by atoms with Crippen molar-refractivity contribution in [1.29, 1.82) is 0 Å². The SMILES string of the molecule is COC(=O)C1(C)OC(C)(COC[C@@]2(C)[C@](C)(NC(C)=O)C(C)(OC)OC3(C)COC(c4ccccc4)O[C@]32C)[C@@](C)(OC(=O)C(C)(C)C)[C@](C)(OC(=O)C(C)(C)C)[C@]1(C)OC(=O)C(C)(C)C. The van der Waals surface area contributed by atoms with E-state index in [1.165, 1.54) is 41.7 Å². The predicted octanol–water partition coefficient (Wildman–Crippen LogP) is 7.32. The van der Waals surface area contributed by atoms with Gasteiger partial charge in [-0.05, 0) is 125 Å². The Morgan fingerprint density at radius 1 is 0.667 bits per heavy atom. The highest BCUT2D eigenvalue weighted by atomic mass is 16.8. The van der Waals surface area contributed by atoms with Crippen LogP contribution in [-0.2, 0) is 71.3 Å². The Labute approximate surface area is 392 Å². The first-order valence-corrected chi connectivity index (χ1v) is 22.6. The van der Waals surface area contributed by atoms with Crippen molar-refractivity contribution in [3.63, 3.8) is 0 Å². The molecule has 3 saturated heterocycles. The number of fused-ring (bicyclic) bond motifs is 1. The first-order chi connectivity index (χ1) is 29.6. The van der Waals surface area contributed by atoms with E-state index >= 15 is 0 Å². The van der Waals surface area contributed by atoms with E-state index in [0.29, 0.717) is 0 Å². The fourth-order valence-electron chi connectivity index (χ4n) is 9.72. The van der Waals surface area contributed by atoms with Crippen molar-refractivity contribution in [3.8, 4) is 0 Å². The summed E-state index contributed by atoms with van der Waals surface area (Å²) in [4.78, 5) is 70.9.